The van der Waals surface area contributed by atoms with E-state index in [9.17, 15) is 14.4 Å². The van der Waals surface area contributed by atoms with Gasteiger partial charge < -0.3 is 41.2 Å². The Bertz CT molecular complexity index is 1290. The standard InChI is InChI=1S/C26H29NO.C6H8O7.H3NO/c1-4-25(21-11-7-5-8-12-21)26(22-13-9-6-10-14-22)23-15-17-24(18-16-23)28-20-19-27(2)3;7-3(8)1-6(13,5(11)12)2-4(9)10;1-2/h5-18H,4,19-20H2,1-3H3;13H,1-2H2,(H,7,8)(H,9,10)(H,11,12);1H3/b26-25-;;. The van der Waals surface area contributed by atoms with Crippen molar-refractivity contribution in [1.82, 2.24) is 4.90 Å². The molecule has 0 saturated heterocycles. The second kappa shape index (κ2) is 18.8. The van der Waals surface area contributed by atoms with E-state index >= 15 is 0 Å². The van der Waals surface area contributed by atoms with Crippen molar-refractivity contribution in [3.05, 3.63) is 107 Å². The summed E-state index contributed by atoms with van der Waals surface area (Å²) in [6.07, 6.45) is -1.32. The van der Waals surface area contributed by atoms with E-state index in [0.717, 1.165) is 18.7 Å². The highest BCUT2D eigenvalue weighted by Crippen LogP contribution is 2.34. The molecule has 0 spiro atoms. The van der Waals surface area contributed by atoms with Gasteiger partial charge >= 0.3 is 17.9 Å². The van der Waals surface area contributed by atoms with Gasteiger partial charge in [-0.3, -0.25) is 9.59 Å². The van der Waals surface area contributed by atoms with Crippen molar-refractivity contribution >= 4 is 29.1 Å². The molecule has 11 heteroatoms. The van der Waals surface area contributed by atoms with Gasteiger partial charge in [-0.05, 0) is 60.5 Å². The first kappa shape index (κ1) is 36.5. The summed E-state index contributed by atoms with van der Waals surface area (Å²) in [5.41, 5.74) is 3.63. The predicted octanol–water partition coefficient (Wildman–Crippen LogP) is 3.47. The minimum atomic E-state index is -2.74. The van der Waals surface area contributed by atoms with Gasteiger partial charge in [-0.25, -0.2) is 4.79 Å². The van der Waals surface area contributed by atoms with Crippen molar-refractivity contribution in [2.75, 3.05) is 27.2 Å². The average molecular weight is 597 g/mol. The molecule has 0 fully saturated rings. The summed E-state index contributed by atoms with van der Waals surface area (Å²) in [6.45, 7) is 3.83. The highest BCUT2D eigenvalue weighted by Gasteiger charge is 2.40. The maximum Gasteiger partial charge on any atom is 0.336 e. The number of benzene rings is 3. The molecule has 3 rings (SSSR count). The first-order valence-corrected chi connectivity index (χ1v) is 13.4. The first-order valence-electron chi connectivity index (χ1n) is 13.4. The van der Waals surface area contributed by atoms with Crippen molar-refractivity contribution in [1.29, 1.82) is 0 Å². The number of aliphatic hydroxyl groups is 1. The molecule has 3 aromatic rings. The molecular formula is C32H40N2O9. The van der Waals surface area contributed by atoms with Gasteiger partial charge in [-0.1, -0.05) is 79.7 Å². The number of hydrogen-bond acceptors (Lipinski definition) is 7. The van der Waals surface area contributed by atoms with Crippen LogP contribution in [0.3, 0.4) is 0 Å². The Morgan fingerprint density at radius 2 is 1.21 bits per heavy atom. The number of aliphatic carboxylic acids is 3. The number of carboxylic acids is 3. The zero-order chi connectivity index (χ0) is 32.4. The van der Waals surface area contributed by atoms with Crippen molar-refractivity contribution in [2.45, 2.75) is 31.8 Å². The number of allylic oxidation sites excluding steroid dienone is 1. The third kappa shape index (κ3) is 12.5. The van der Waals surface area contributed by atoms with Crippen molar-refractivity contribution in [2.24, 2.45) is 0 Å². The van der Waals surface area contributed by atoms with Crippen LogP contribution in [0.15, 0.2) is 84.9 Å². The lowest BCUT2D eigenvalue weighted by molar-refractivity contribution is -0.275. The SMILES string of the molecule is CC/C(=C(\c1ccccc1)c1ccc(OCCN(C)C)cc1)c1ccccc1.O=C(O)CC(O)(CC(=O)O)C(=O)O.[NH3+][O-]. The predicted molar refractivity (Wildman–Crippen MR) is 163 cm³/mol. The molecule has 0 aliphatic carbocycles. The van der Waals surface area contributed by atoms with E-state index in [2.05, 4.69) is 111 Å². The van der Waals surface area contributed by atoms with E-state index < -0.39 is 36.4 Å². The highest BCUT2D eigenvalue weighted by molar-refractivity contribution is 5.98. The number of rotatable bonds is 13. The third-order valence-electron chi connectivity index (χ3n) is 6.08. The van der Waals surface area contributed by atoms with Gasteiger partial charge in [0.2, 0.25) is 0 Å². The number of likely N-dealkylation sites (N-methyl/N-ethyl adjacent to an activating group) is 1. The van der Waals surface area contributed by atoms with Crippen LogP contribution in [-0.2, 0) is 14.4 Å². The summed E-state index contributed by atoms with van der Waals surface area (Å²) in [4.78, 5) is 32.6. The fourth-order valence-corrected chi connectivity index (χ4v) is 4.06. The van der Waals surface area contributed by atoms with E-state index in [4.69, 9.17) is 30.4 Å². The molecule has 0 aromatic heterocycles. The Balaban J connectivity index is 0.000000521. The van der Waals surface area contributed by atoms with Crippen LogP contribution in [0.4, 0.5) is 0 Å². The summed E-state index contributed by atoms with van der Waals surface area (Å²) in [5.74, 6) is -2.11. The molecule has 0 atom stereocenters. The minimum Gasteiger partial charge on any atom is -0.637 e. The average Bonchev–Trinajstić information content (AvgIpc) is 2.97. The quantitative estimate of drug-likeness (QED) is 0.144. The van der Waals surface area contributed by atoms with Gasteiger partial charge in [0.25, 0.3) is 0 Å². The molecule has 0 amide bonds. The van der Waals surface area contributed by atoms with Gasteiger partial charge in [0.1, 0.15) is 12.4 Å². The highest BCUT2D eigenvalue weighted by atomic mass is 16.5. The molecule has 0 saturated carbocycles. The Morgan fingerprint density at radius 1 is 0.767 bits per heavy atom. The Morgan fingerprint density at radius 3 is 1.60 bits per heavy atom. The normalized spacial score (nSPS) is 11.2. The monoisotopic (exact) mass is 596 g/mol. The molecule has 43 heavy (non-hydrogen) atoms. The van der Waals surface area contributed by atoms with Crippen LogP contribution in [0.2, 0.25) is 0 Å². The zero-order valence-corrected chi connectivity index (χ0v) is 24.6. The Kier molecular flexibility index (Phi) is 15.9. The van der Waals surface area contributed by atoms with Gasteiger partial charge in [-0.2, -0.15) is 0 Å². The molecule has 0 bridgehead atoms. The summed E-state index contributed by atoms with van der Waals surface area (Å²) >= 11 is 0. The summed E-state index contributed by atoms with van der Waals surface area (Å²) in [5, 5.41) is 41.8. The second-order valence-corrected chi connectivity index (χ2v) is 9.59. The van der Waals surface area contributed by atoms with Crippen molar-refractivity contribution in [3.63, 3.8) is 0 Å². The van der Waals surface area contributed by atoms with Gasteiger partial charge in [0.05, 0.1) is 12.8 Å². The third-order valence-corrected chi connectivity index (χ3v) is 6.08. The van der Waals surface area contributed by atoms with Gasteiger partial charge in [-0.15, -0.1) is 0 Å². The van der Waals surface area contributed by atoms with E-state index in [-0.39, 0.29) is 0 Å². The molecular weight excluding hydrogens is 556 g/mol. The van der Waals surface area contributed by atoms with Crippen LogP contribution in [0.25, 0.3) is 11.1 Å². The number of quaternary nitrogens is 1. The molecule has 0 heterocycles. The largest absolute Gasteiger partial charge is 0.637 e. The molecule has 3 aromatic carbocycles. The van der Waals surface area contributed by atoms with Crippen LogP contribution >= 0.6 is 0 Å². The Hall–Kier alpha value is -4.55. The summed E-state index contributed by atoms with van der Waals surface area (Å²) < 4.78 is 5.87. The van der Waals surface area contributed by atoms with Crippen LogP contribution in [0.1, 0.15) is 42.9 Å². The minimum absolute atomic E-state index is 0.692. The lowest BCUT2D eigenvalue weighted by Gasteiger charge is -2.18. The summed E-state index contributed by atoms with van der Waals surface area (Å²) in [6, 6.07) is 29.8. The summed E-state index contributed by atoms with van der Waals surface area (Å²) in [7, 11) is 4.11. The lowest BCUT2D eigenvalue weighted by Crippen LogP contribution is -2.42. The van der Waals surface area contributed by atoms with E-state index in [1.54, 1.807) is 0 Å². The van der Waals surface area contributed by atoms with Crippen LogP contribution < -0.4 is 10.6 Å². The molecule has 11 nitrogen and oxygen atoms in total. The van der Waals surface area contributed by atoms with Gasteiger partial charge in [0, 0.05) is 6.54 Å². The van der Waals surface area contributed by atoms with Crippen molar-refractivity contribution in [3.8, 4) is 5.75 Å². The number of carbonyl (C=O) groups is 3. The molecule has 0 unspecified atom stereocenters. The number of carboxylic acid groups (broad SMARTS) is 3. The van der Waals surface area contributed by atoms with E-state index in [1.807, 2.05) is 5.90 Å². The second-order valence-electron chi connectivity index (χ2n) is 9.59. The fraction of sp³-hybridized carbons (Fsp3) is 0.281. The molecule has 0 aliphatic heterocycles. The topological polar surface area (TPSA) is 195 Å². The fourth-order valence-electron chi connectivity index (χ4n) is 4.06. The number of hydrogen-bond donors (Lipinski definition) is 5. The number of nitrogens with zero attached hydrogens (tertiary/aromatic N) is 1. The lowest BCUT2D eigenvalue weighted by atomic mass is 9.88. The van der Waals surface area contributed by atoms with E-state index in [0.29, 0.717) is 6.61 Å². The first-order chi connectivity index (χ1) is 20.5. The maximum atomic E-state index is 10.3. The molecule has 0 aliphatic rings. The van der Waals surface area contributed by atoms with Crippen LogP contribution in [0.5, 0.6) is 5.75 Å². The molecule has 7 N–H and O–H groups in total. The van der Waals surface area contributed by atoms with Crippen LogP contribution in [0, 0.1) is 5.21 Å². The molecule has 0 radical (unpaired) electrons. The Labute approximate surface area is 251 Å². The van der Waals surface area contributed by atoms with Crippen LogP contribution in [-0.4, -0.2) is 76.1 Å². The number of ether oxygens (including phenoxy) is 1. The molecule has 232 valence electrons. The zero-order valence-electron chi connectivity index (χ0n) is 24.6. The van der Waals surface area contributed by atoms with Gasteiger partial charge in [0.15, 0.2) is 5.60 Å². The van der Waals surface area contributed by atoms with Crippen molar-refractivity contribution < 1.29 is 45.4 Å². The van der Waals surface area contributed by atoms with E-state index in [1.165, 1.54) is 27.8 Å². The smallest absolute Gasteiger partial charge is 0.336 e. The maximum absolute atomic E-state index is 10.3.